The lowest BCUT2D eigenvalue weighted by atomic mass is 9.96. The highest BCUT2D eigenvalue weighted by molar-refractivity contribution is 5.32. The van der Waals surface area contributed by atoms with E-state index >= 15 is 0 Å². The van der Waals surface area contributed by atoms with Crippen molar-refractivity contribution in [1.29, 1.82) is 0 Å². The molecular weight excluding hydrogens is 287 g/mol. The first-order valence-electron chi connectivity index (χ1n) is 7.45. The van der Waals surface area contributed by atoms with E-state index < -0.39 is 11.7 Å². The topological polar surface area (TPSA) is 12.0 Å². The molecule has 2 aromatic rings. The predicted octanol–water partition coefficient (Wildman–Crippen LogP) is 5.34. The summed E-state index contributed by atoms with van der Waals surface area (Å²) in [6, 6.07) is 15.2. The normalized spacial score (nSPS) is 13.1. The van der Waals surface area contributed by atoms with Crippen molar-refractivity contribution in [2.24, 2.45) is 0 Å². The second-order valence-corrected chi connectivity index (χ2v) is 5.29. The second-order valence-electron chi connectivity index (χ2n) is 5.29. The van der Waals surface area contributed by atoms with Crippen LogP contribution < -0.4 is 5.32 Å². The summed E-state index contributed by atoms with van der Waals surface area (Å²) >= 11 is 0. The highest BCUT2D eigenvalue weighted by Gasteiger charge is 2.34. The first-order valence-corrected chi connectivity index (χ1v) is 7.45. The third-order valence-electron chi connectivity index (χ3n) is 3.61. The third kappa shape index (κ3) is 4.34. The Balaban J connectivity index is 2.21. The number of halogens is 3. The maximum atomic E-state index is 13.2. The van der Waals surface area contributed by atoms with Gasteiger partial charge in [-0.05, 0) is 23.6 Å². The summed E-state index contributed by atoms with van der Waals surface area (Å²) < 4.78 is 39.6. The Hall–Kier alpha value is -1.81. The first kappa shape index (κ1) is 16.6. The number of rotatable bonds is 6. The number of alkyl halides is 3. The molecule has 2 aromatic carbocycles. The Kier molecular flexibility index (Phi) is 5.61. The van der Waals surface area contributed by atoms with E-state index in [4.69, 9.17) is 0 Å². The van der Waals surface area contributed by atoms with E-state index in [1.54, 1.807) is 12.1 Å². The van der Waals surface area contributed by atoms with E-state index in [-0.39, 0.29) is 6.04 Å². The van der Waals surface area contributed by atoms with Crippen LogP contribution in [0.3, 0.4) is 0 Å². The molecule has 0 fully saturated rings. The fourth-order valence-electron chi connectivity index (χ4n) is 2.55. The molecule has 118 valence electrons. The number of hydrogen-bond donors (Lipinski definition) is 1. The maximum Gasteiger partial charge on any atom is 0.416 e. The number of hydrogen-bond acceptors (Lipinski definition) is 1. The van der Waals surface area contributed by atoms with Gasteiger partial charge in [-0.15, -0.1) is 0 Å². The third-order valence-corrected chi connectivity index (χ3v) is 3.61. The first-order chi connectivity index (χ1) is 10.5. The van der Waals surface area contributed by atoms with Crippen LogP contribution in [0.4, 0.5) is 13.2 Å². The highest BCUT2D eigenvalue weighted by Crippen LogP contribution is 2.35. The van der Waals surface area contributed by atoms with E-state index in [1.165, 1.54) is 6.07 Å². The molecular formula is C18H20F3N. The summed E-state index contributed by atoms with van der Waals surface area (Å²) in [5.41, 5.74) is 0.842. The molecule has 0 bridgehead atoms. The molecule has 0 aliphatic rings. The lowest BCUT2D eigenvalue weighted by Crippen LogP contribution is -2.24. The number of benzene rings is 2. The maximum absolute atomic E-state index is 13.2. The van der Waals surface area contributed by atoms with Crippen LogP contribution >= 0.6 is 0 Å². The molecule has 1 atom stereocenters. The average Bonchev–Trinajstić information content (AvgIpc) is 2.51. The van der Waals surface area contributed by atoms with Gasteiger partial charge in [-0.1, -0.05) is 61.9 Å². The quantitative estimate of drug-likeness (QED) is 0.760. The molecule has 1 N–H and O–H groups in total. The highest BCUT2D eigenvalue weighted by atomic mass is 19.4. The van der Waals surface area contributed by atoms with Crippen molar-refractivity contribution in [2.75, 3.05) is 0 Å². The predicted molar refractivity (Wildman–Crippen MR) is 82.4 cm³/mol. The molecule has 1 unspecified atom stereocenters. The molecule has 1 nitrogen and oxygen atoms in total. The smallest absolute Gasteiger partial charge is 0.306 e. The Morgan fingerprint density at radius 3 is 2.23 bits per heavy atom. The molecule has 0 radical (unpaired) electrons. The number of nitrogens with one attached hydrogen (secondary N) is 1. The van der Waals surface area contributed by atoms with Gasteiger partial charge in [-0.25, -0.2) is 0 Å². The van der Waals surface area contributed by atoms with Crippen molar-refractivity contribution in [1.82, 2.24) is 5.32 Å². The molecule has 0 saturated carbocycles. The van der Waals surface area contributed by atoms with Crippen molar-refractivity contribution >= 4 is 0 Å². The van der Waals surface area contributed by atoms with Crippen molar-refractivity contribution in [3.63, 3.8) is 0 Å². The van der Waals surface area contributed by atoms with Crippen LogP contribution in [0.2, 0.25) is 0 Å². The molecule has 22 heavy (non-hydrogen) atoms. The summed E-state index contributed by atoms with van der Waals surface area (Å²) in [5, 5.41) is 3.27. The van der Waals surface area contributed by atoms with Gasteiger partial charge in [0, 0.05) is 12.6 Å². The standard InChI is InChI=1S/C18H20F3N/c1-2-8-17(22-13-14-9-4-3-5-10-14)15-11-6-7-12-16(15)18(19,20)21/h3-7,9-12,17,22H,2,8,13H2,1H3. The second kappa shape index (κ2) is 7.45. The molecule has 0 aromatic heterocycles. The van der Waals surface area contributed by atoms with Crippen molar-refractivity contribution in [3.05, 3.63) is 71.3 Å². The van der Waals surface area contributed by atoms with E-state index in [1.807, 2.05) is 37.3 Å². The molecule has 0 saturated heterocycles. The minimum Gasteiger partial charge on any atom is -0.306 e. The lowest BCUT2D eigenvalue weighted by Gasteiger charge is -2.22. The van der Waals surface area contributed by atoms with Gasteiger partial charge in [-0.3, -0.25) is 0 Å². The molecule has 0 heterocycles. The van der Waals surface area contributed by atoms with Crippen molar-refractivity contribution in [2.45, 2.75) is 38.5 Å². The molecule has 0 aliphatic heterocycles. The van der Waals surface area contributed by atoms with Crippen LogP contribution in [-0.4, -0.2) is 0 Å². The zero-order chi connectivity index (χ0) is 16.0. The fraction of sp³-hybridized carbons (Fsp3) is 0.333. The molecule has 0 amide bonds. The van der Waals surface area contributed by atoms with Crippen molar-refractivity contribution in [3.8, 4) is 0 Å². The van der Waals surface area contributed by atoms with Crippen LogP contribution in [0.15, 0.2) is 54.6 Å². The zero-order valence-electron chi connectivity index (χ0n) is 12.5. The summed E-state index contributed by atoms with van der Waals surface area (Å²) in [4.78, 5) is 0. The van der Waals surface area contributed by atoms with Gasteiger partial charge < -0.3 is 5.32 Å². The molecule has 4 heteroatoms. The Morgan fingerprint density at radius 2 is 1.59 bits per heavy atom. The zero-order valence-corrected chi connectivity index (χ0v) is 12.5. The van der Waals surface area contributed by atoms with Crippen LogP contribution in [0.5, 0.6) is 0 Å². The lowest BCUT2D eigenvalue weighted by molar-refractivity contribution is -0.138. The van der Waals surface area contributed by atoms with Gasteiger partial charge >= 0.3 is 6.18 Å². The van der Waals surface area contributed by atoms with Crippen LogP contribution in [0.1, 0.15) is 42.5 Å². The van der Waals surface area contributed by atoms with Crippen molar-refractivity contribution < 1.29 is 13.2 Å². The SMILES string of the molecule is CCCC(NCc1ccccc1)c1ccccc1C(F)(F)F. The Bertz CT molecular complexity index is 578. The minimum atomic E-state index is -4.32. The molecule has 2 rings (SSSR count). The Labute approximate surface area is 129 Å². The summed E-state index contributed by atoms with van der Waals surface area (Å²) in [6.45, 7) is 2.53. The molecule has 0 aliphatic carbocycles. The minimum absolute atomic E-state index is 0.303. The van der Waals surface area contributed by atoms with Crippen LogP contribution in [0.25, 0.3) is 0 Å². The van der Waals surface area contributed by atoms with Gasteiger partial charge in [0.05, 0.1) is 5.56 Å². The van der Waals surface area contributed by atoms with Gasteiger partial charge in [0.15, 0.2) is 0 Å². The van der Waals surface area contributed by atoms with Gasteiger partial charge in [0.1, 0.15) is 0 Å². The van der Waals surface area contributed by atoms with E-state index in [2.05, 4.69) is 5.32 Å². The van der Waals surface area contributed by atoms with Gasteiger partial charge in [0.2, 0.25) is 0 Å². The van der Waals surface area contributed by atoms with E-state index in [0.29, 0.717) is 18.5 Å². The Morgan fingerprint density at radius 1 is 0.955 bits per heavy atom. The monoisotopic (exact) mass is 307 g/mol. The van der Waals surface area contributed by atoms with Crippen LogP contribution in [0, 0.1) is 0 Å². The fourth-order valence-corrected chi connectivity index (χ4v) is 2.55. The summed E-state index contributed by atoms with van der Waals surface area (Å²) in [7, 11) is 0. The van der Waals surface area contributed by atoms with E-state index in [9.17, 15) is 13.2 Å². The average molecular weight is 307 g/mol. The van der Waals surface area contributed by atoms with Gasteiger partial charge in [-0.2, -0.15) is 13.2 Å². The summed E-state index contributed by atoms with van der Waals surface area (Å²) in [5.74, 6) is 0. The van der Waals surface area contributed by atoms with Crippen LogP contribution in [-0.2, 0) is 12.7 Å². The van der Waals surface area contributed by atoms with Gasteiger partial charge in [0.25, 0.3) is 0 Å². The summed E-state index contributed by atoms with van der Waals surface area (Å²) in [6.07, 6.45) is -2.84. The molecule has 0 spiro atoms. The largest absolute Gasteiger partial charge is 0.416 e. The van der Waals surface area contributed by atoms with E-state index in [0.717, 1.165) is 18.1 Å².